The number of aromatic amines is 1. The van der Waals surface area contributed by atoms with E-state index in [0.29, 0.717) is 18.9 Å². The van der Waals surface area contributed by atoms with Crippen molar-refractivity contribution in [3.8, 4) is 0 Å². The van der Waals surface area contributed by atoms with Crippen LogP contribution in [0.5, 0.6) is 0 Å². The van der Waals surface area contributed by atoms with Crippen LogP contribution in [0.3, 0.4) is 0 Å². The van der Waals surface area contributed by atoms with E-state index in [-0.39, 0.29) is 17.4 Å². The summed E-state index contributed by atoms with van der Waals surface area (Å²) in [5.41, 5.74) is 0.612. The van der Waals surface area contributed by atoms with Gasteiger partial charge in [-0.15, -0.1) is 0 Å². The monoisotopic (exact) mass is 290 g/mol. The first-order chi connectivity index (χ1) is 10.0. The number of nitrogens with zero attached hydrogens (tertiary/aromatic N) is 3. The highest BCUT2D eigenvalue weighted by Crippen LogP contribution is 2.26. The molecule has 2 fully saturated rings. The zero-order chi connectivity index (χ0) is 15.0. The minimum absolute atomic E-state index is 0.0345. The molecule has 1 N–H and O–H groups in total. The third kappa shape index (κ3) is 2.94. The van der Waals surface area contributed by atoms with Crippen molar-refractivity contribution < 1.29 is 4.79 Å². The SMILES string of the molecule is CC1CCN(c2nc([C@@H]3CC(=O)N(C)C3)cc(=O)[nH]2)CC1. The zero-order valence-corrected chi connectivity index (χ0v) is 12.6. The van der Waals surface area contributed by atoms with E-state index in [1.165, 1.54) is 6.07 Å². The molecule has 21 heavy (non-hydrogen) atoms. The summed E-state index contributed by atoms with van der Waals surface area (Å²) in [4.78, 5) is 34.9. The van der Waals surface area contributed by atoms with Crippen molar-refractivity contribution >= 4 is 11.9 Å². The van der Waals surface area contributed by atoms with Crippen molar-refractivity contribution in [3.63, 3.8) is 0 Å². The fraction of sp³-hybridized carbons (Fsp3) is 0.667. The van der Waals surface area contributed by atoms with Gasteiger partial charge in [0.05, 0.1) is 5.69 Å². The minimum Gasteiger partial charge on any atom is -0.345 e. The number of likely N-dealkylation sites (N-methyl/N-ethyl adjacent to an activating group) is 1. The van der Waals surface area contributed by atoms with Crippen LogP contribution >= 0.6 is 0 Å². The van der Waals surface area contributed by atoms with Crippen LogP contribution in [0.4, 0.5) is 5.95 Å². The normalized spacial score (nSPS) is 23.9. The number of hydrogen-bond donors (Lipinski definition) is 1. The minimum atomic E-state index is -0.129. The highest BCUT2D eigenvalue weighted by Gasteiger charge is 2.30. The first-order valence-electron chi connectivity index (χ1n) is 7.63. The van der Waals surface area contributed by atoms with Gasteiger partial charge in [-0.3, -0.25) is 14.6 Å². The molecule has 1 aromatic heterocycles. The second kappa shape index (κ2) is 5.50. The van der Waals surface area contributed by atoms with Gasteiger partial charge >= 0.3 is 0 Å². The third-order valence-electron chi connectivity index (χ3n) is 4.59. The Labute approximate surface area is 124 Å². The molecule has 6 nitrogen and oxygen atoms in total. The lowest BCUT2D eigenvalue weighted by Gasteiger charge is -2.30. The van der Waals surface area contributed by atoms with Gasteiger partial charge in [-0.05, 0) is 18.8 Å². The van der Waals surface area contributed by atoms with E-state index in [1.807, 2.05) is 0 Å². The average molecular weight is 290 g/mol. The summed E-state index contributed by atoms with van der Waals surface area (Å²) in [6, 6.07) is 1.53. The molecule has 2 aliphatic heterocycles. The molecule has 114 valence electrons. The Bertz CT molecular complexity index is 590. The number of carbonyl (C=O) groups excluding carboxylic acids is 1. The molecule has 0 aromatic carbocycles. The summed E-state index contributed by atoms with van der Waals surface area (Å²) in [5, 5.41) is 0. The molecule has 0 unspecified atom stereocenters. The second-order valence-electron chi connectivity index (χ2n) is 6.34. The molecule has 0 aliphatic carbocycles. The lowest BCUT2D eigenvalue weighted by Crippen LogP contribution is -2.35. The summed E-state index contributed by atoms with van der Waals surface area (Å²) in [6.07, 6.45) is 2.70. The van der Waals surface area contributed by atoms with Crippen molar-refractivity contribution in [2.45, 2.75) is 32.1 Å². The molecule has 0 saturated carbocycles. The summed E-state index contributed by atoms with van der Waals surface area (Å²) < 4.78 is 0. The Hall–Kier alpha value is -1.85. The van der Waals surface area contributed by atoms with Crippen LogP contribution in [0.15, 0.2) is 10.9 Å². The van der Waals surface area contributed by atoms with Crippen LogP contribution in [0, 0.1) is 5.92 Å². The number of anilines is 1. The Morgan fingerprint density at radius 3 is 2.62 bits per heavy atom. The molecule has 0 bridgehead atoms. The van der Waals surface area contributed by atoms with Gasteiger partial charge in [0.25, 0.3) is 5.56 Å². The van der Waals surface area contributed by atoms with Crippen LogP contribution in [0.2, 0.25) is 0 Å². The first-order valence-corrected chi connectivity index (χ1v) is 7.63. The summed E-state index contributed by atoms with van der Waals surface area (Å²) in [6.45, 7) is 4.75. The molecule has 0 radical (unpaired) electrons. The number of aromatic nitrogens is 2. The fourth-order valence-electron chi connectivity index (χ4n) is 3.10. The van der Waals surface area contributed by atoms with Crippen molar-refractivity contribution in [3.05, 3.63) is 22.1 Å². The molecule has 1 atom stereocenters. The molecule has 2 aliphatic rings. The van der Waals surface area contributed by atoms with Gasteiger partial charge in [-0.2, -0.15) is 0 Å². The Morgan fingerprint density at radius 2 is 2.00 bits per heavy atom. The quantitative estimate of drug-likeness (QED) is 0.880. The highest BCUT2D eigenvalue weighted by molar-refractivity contribution is 5.79. The lowest BCUT2D eigenvalue weighted by molar-refractivity contribution is -0.126. The van der Waals surface area contributed by atoms with Crippen molar-refractivity contribution in [2.24, 2.45) is 5.92 Å². The summed E-state index contributed by atoms with van der Waals surface area (Å²) in [7, 11) is 1.79. The molecule has 0 spiro atoms. The van der Waals surface area contributed by atoms with Crippen molar-refractivity contribution in [1.82, 2.24) is 14.9 Å². The maximum Gasteiger partial charge on any atom is 0.252 e. The molecular formula is C15H22N4O2. The summed E-state index contributed by atoms with van der Waals surface area (Å²) in [5.74, 6) is 1.55. The second-order valence-corrected chi connectivity index (χ2v) is 6.34. The Kier molecular flexibility index (Phi) is 3.69. The number of hydrogen-bond acceptors (Lipinski definition) is 4. The number of rotatable bonds is 2. The van der Waals surface area contributed by atoms with E-state index >= 15 is 0 Å². The van der Waals surface area contributed by atoms with E-state index in [0.717, 1.165) is 37.5 Å². The fourth-order valence-corrected chi connectivity index (χ4v) is 3.10. The van der Waals surface area contributed by atoms with Crippen LogP contribution in [-0.4, -0.2) is 47.5 Å². The van der Waals surface area contributed by atoms with Gasteiger partial charge in [-0.1, -0.05) is 6.92 Å². The van der Waals surface area contributed by atoms with E-state index in [1.54, 1.807) is 11.9 Å². The van der Waals surface area contributed by atoms with Crippen LogP contribution < -0.4 is 10.5 Å². The zero-order valence-electron chi connectivity index (χ0n) is 12.6. The van der Waals surface area contributed by atoms with Gasteiger partial charge in [0.1, 0.15) is 0 Å². The Morgan fingerprint density at radius 1 is 1.29 bits per heavy atom. The van der Waals surface area contributed by atoms with Gasteiger partial charge in [-0.25, -0.2) is 4.98 Å². The van der Waals surface area contributed by atoms with Gasteiger partial charge in [0.2, 0.25) is 11.9 Å². The van der Waals surface area contributed by atoms with Gasteiger partial charge in [0.15, 0.2) is 0 Å². The highest BCUT2D eigenvalue weighted by atomic mass is 16.2. The van der Waals surface area contributed by atoms with Gasteiger partial charge in [0, 0.05) is 45.1 Å². The Balaban J connectivity index is 1.83. The lowest BCUT2D eigenvalue weighted by atomic mass is 9.99. The predicted molar refractivity (Wildman–Crippen MR) is 80.5 cm³/mol. The van der Waals surface area contributed by atoms with E-state index in [4.69, 9.17) is 0 Å². The number of H-pyrrole nitrogens is 1. The number of nitrogens with one attached hydrogen (secondary N) is 1. The smallest absolute Gasteiger partial charge is 0.252 e. The van der Waals surface area contributed by atoms with E-state index in [2.05, 4.69) is 21.8 Å². The van der Waals surface area contributed by atoms with E-state index in [9.17, 15) is 9.59 Å². The van der Waals surface area contributed by atoms with Crippen LogP contribution in [0.25, 0.3) is 0 Å². The summed E-state index contributed by atoms with van der Waals surface area (Å²) >= 11 is 0. The average Bonchev–Trinajstić information content (AvgIpc) is 2.79. The number of amides is 1. The molecule has 2 saturated heterocycles. The largest absolute Gasteiger partial charge is 0.345 e. The first kappa shape index (κ1) is 14.1. The maximum absolute atomic E-state index is 11.9. The molecule has 6 heteroatoms. The number of likely N-dealkylation sites (tertiary alicyclic amines) is 1. The van der Waals surface area contributed by atoms with Crippen LogP contribution in [-0.2, 0) is 4.79 Å². The van der Waals surface area contributed by atoms with Crippen LogP contribution in [0.1, 0.15) is 37.8 Å². The molecule has 3 rings (SSSR count). The maximum atomic E-state index is 11.9. The molecule has 3 heterocycles. The number of carbonyl (C=O) groups is 1. The van der Waals surface area contributed by atoms with Crippen molar-refractivity contribution in [2.75, 3.05) is 31.6 Å². The molecule has 1 amide bonds. The standard InChI is InChI=1S/C15H22N4O2/c1-10-3-5-19(6-4-10)15-16-12(8-13(20)17-15)11-7-14(21)18(2)9-11/h8,10-11H,3-7,9H2,1-2H3,(H,16,17,20)/t11-/m1/s1. The topological polar surface area (TPSA) is 69.3 Å². The van der Waals surface area contributed by atoms with E-state index < -0.39 is 0 Å². The predicted octanol–water partition coefficient (Wildman–Crippen LogP) is 0.952. The molecular weight excluding hydrogens is 268 g/mol. The number of piperidine rings is 1. The molecule has 1 aromatic rings. The third-order valence-corrected chi connectivity index (χ3v) is 4.59. The van der Waals surface area contributed by atoms with Crippen molar-refractivity contribution in [1.29, 1.82) is 0 Å². The van der Waals surface area contributed by atoms with Gasteiger partial charge < -0.3 is 9.80 Å².